The molecule has 2 saturated heterocycles. The number of para-hydroxylation sites is 1. The highest BCUT2D eigenvalue weighted by Crippen LogP contribution is 2.35. The second-order valence-corrected chi connectivity index (χ2v) is 7.93. The highest BCUT2D eigenvalue weighted by molar-refractivity contribution is 5.45. The average Bonchev–Trinajstić information content (AvgIpc) is 3.21. The van der Waals surface area contributed by atoms with Gasteiger partial charge in [-0.3, -0.25) is 15.8 Å². The van der Waals surface area contributed by atoms with E-state index in [0.717, 1.165) is 37.6 Å². The van der Waals surface area contributed by atoms with E-state index in [2.05, 4.69) is 15.8 Å². The third kappa shape index (κ3) is 4.22. The monoisotopic (exact) mass is 403 g/mol. The first-order chi connectivity index (χ1) is 14.1. The molecule has 0 aromatic heterocycles. The van der Waals surface area contributed by atoms with Gasteiger partial charge in [0.25, 0.3) is 0 Å². The number of phenolic OH excluding ortho intramolecular Hbond substituents is 1. The van der Waals surface area contributed by atoms with Crippen molar-refractivity contribution in [1.29, 1.82) is 0 Å². The number of likely N-dealkylation sites (tertiary alicyclic amines) is 1. The zero-order valence-electron chi connectivity index (χ0n) is 16.5. The van der Waals surface area contributed by atoms with Gasteiger partial charge in [0.15, 0.2) is 11.5 Å². The average molecular weight is 403 g/mol. The number of nitrogens with zero attached hydrogens (tertiary/aromatic N) is 1. The second kappa shape index (κ2) is 8.65. The summed E-state index contributed by atoms with van der Waals surface area (Å²) in [6.07, 6.45) is 2.04. The Balaban J connectivity index is 1.48. The van der Waals surface area contributed by atoms with E-state index in [1.54, 1.807) is 13.2 Å². The molecular formula is C22H27F2N3O2. The predicted octanol–water partition coefficient (Wildman–Crippen LogP) is 3.15. The van der Waals surface area contributed by atoms with E-state index in [4.69, 9.17) is 4.74 Å². The van der Waals surface area contributed by atoms with Crippen molar-refractivity contribution >= 4 is 0 Å². The maximum Gasteiger partial charge on any atom is 0.162 e. The fourth-order valence-corrected chi connectivity index (χ4v) is 4.69. The molecule has 29 heavy (non-hydrogen) atoms. The van der Waals surface area contributed by atoms with Crippen molar-refractivity contribution in [2.75, 3.05) is 26.7 Å². The number of methoxy groups -OCH3 is 1. The quantitative estimate of drug-likeness (QED) is 0.716. The molecule has 0 saturated carbocycles. The van der Waals surface area contributed by atoms with Crippen LogP contribution in [-0.4, -0.2) is 42.8 Å². The number of phenols is 1. The van der Waals surface area contributed by atoms with Crippen molar-refractivity contribution in [1.82, 2.24) is 15.8 Å². The molecule has 3 atom stereocenters. The van der Waals surface area contributed by atoms with Gasteiger partial charge in [0.05, 0.1) is 7.11 Å². The first-order valence-electron chi connectivity index (χ1n) is 10.1. The number of ether oxygens (including phenoxy) is 1. The molecule has 2 aliphatic heterocycles. The molecular weight excluding hydrogens is 376 g/mol. The van der Waals surface area contributed by atoms with E-state index in [9.17, 15) is 13.9 Å². The van der Waals surface area contributed by atoms with Gasteiger partial charge < -0.3 is 9.84 Å². The number of hydrogen-bond donors (Lipinski definition) is 3. The molecule has 0 spiro atoms. The standard InChI is InChI=1S/C22H27F2N3O2/c1-29-20-6-2-4-15(22(20)28)13-27-9-3-5-14(12-27)21-18(11-25-26-21)17-10-16(23)7-8-19(17)24/h2,4,6-8,10,14,18,21,25-26,28H,3,5,9,11-13H2,1H3. The number of benzene rings is 2. The van der Waals surface area contributed by atoms with Gasteiger partial charge in [-0.25, -0.2) is 8.78 Å². The molecule has 4 rings (SSSR count). The van der Waals surface area contributed by atoms with Crippen molar-refractivity contribution in [2.24, 2.45) is 5.92 Å². The molecule has 3 N–H and O–H groups in total. The zero-order valence-corrected chi connectivity index (χ0v) is 16.5. The smallest absolute Gasteiger partial charge is 0.162 e. The van der Waals surface area contributed by atoms with E-state index < -0.39 is 5.82 Å². The van der Waals surface area contributed by atoms with E-state index in [1.807, 2.05) is 12.1 Å². The van der Waals surface area contributed by atoms with Gasteiger partial charge in [-0.15, -0.1) is 0 Å². The normalized spacial score (nSPS) is 25.3. The molecule has 2 heterocycles. The summed E-state index contributed by atoms with van der Waals surface area (Å²) >= 11 is 0. The summed E-state index contributed by atoms with van der Waals surface area (Å²) in [5.41, 5.74) is 7.69. The summed E-state index contributed by atoms with van der Waals surface area (Å²) in [6.45, 7) is 2.95. The number of aromatic hydroxyl groups is 1. The Bertz CT molecular complexity index is 864. The second-order valence-electron chi connectivity index (χ2n) is 7.93. The molecule has 5 nitrogen and oxygen atoms in total. The van der Waals surface area contributed by atoms with Crippen molar-refractivity contribution < 1.29 is 18.6 Å². The van der Waals surface area contributed by atoms with Crippen LogP contribution >= 0.6 is 0 Å². The third-order valence-corrected chi connectivity index (χ3v) is 6.13. The Morgan fingerprint density at radius 1 is 1.24 bits per heavy atom. The molecule has 2 fully saturated rings. The van der Waals surface area contributed by atoms with Crippen LogP contribution in [0.3, 0.4) is 0 Å². The van der Waals surface area contributed by atoms with Gasteiger partial charge >= 0.3 is 0 Å². The van der Waals surface area contributed by atoms with Gasteiger partial charge in [-0.05, 0) is 55.1 Å². The summed E-state index contributed by atoms with van der Waals surface area (Å²) in [6, 6.07) is 9.22. The van der Waals surface area contributed by atoms with E-state index in [-0.39, 0.29) is 23.5 Å². The number of piperidine rings is 1. The minimum Gasteiger partial charge on any atom is -0.504 e. The van der Waals surface area contributed by atoms with Gasteiger partial charge in [0.1, 0.15) is 11.6 Å². The summed E-state index contributed by atoms with van der Waals surface area (Å²) in [4.78, 5) is 2.31. The molecule has 0 radical (unpaired) electrons. The van der Waals surface area contributed by atoms with Crippen molar-refractivity contribution in [2.45, 2.75) is 31.3 Å². The van der Waals surface area contributed by atoms with Gasteiger partial charge in [-0.1, -0.05) is 12.1 Å². The lowest BCUT2D eigenvalue weighted by Gasteiger charge is -2.37. The molecule has 0 bridgehead atoms. The molecule has 0 aliphatic carbocycles. The number of hydrogen-bond acceptors (Lipinski definition) is 5. The lowest BCUT2D eigenvalue weighted by Crippen LogP contribution is -2.46. The van der Waals surface area contributed by atoms with Gasteiger partial charge in [0, 0.05) is 37.2 Å². The summed E-state index contributed by atoms with van der Waals surface area (Å²) in [7, 11) is 1.54. The first kappa shape index (κ1) is 20.1. The SMILES string of the molecule is COc1cccc(CN2CCCC(C3NNCC3c3cc(F)ccc3F)C2)c1O. The van der Waals surface area contributed by atoms with E-state index in [0.29, 0.717) is 30.3 Å². The Morgan fingerprint density at radius 2 is 2.10 bits per heavy atom. The molecule has 3 unspecified atom stereocenters. The van der Waals surface area contributed by atoms with E-state index in [1.165, 1.54) is 12.1 Å². The van der Waals surface area contributed by atoms with Crippen LogP contribution in [0.25, 0.3) is 0 Å². The number of halogens is 2. The number of nitrogens with one attached hydrogen (secondary N) is 2. The molecule has 2 aromatic carbocycles. The molecule has 156 valence electrons. The first-order valence-corrected chi connectivity index (χ1v) is 10.1. The zero-order chi connectivity index (χ0) is 20.4. The molecule has 2 aliphatic rings. The lowest BCUT2D eigenvalue weighted by molar-refractivity contribution is 0.138. The summed E-state index contributed by atoms with van der Waals surface area (Å²) < 4.78 is 33.3. The fourth-order valence-electron chi connectivity index (χ4n) is 4.69. The minimum atomic E-state index is -0.411. The molecule has 0 amide bonds. The van der Waals surface area contributed by atoms with Crippen molar-refractivity contribution in [3.63, 3.8) is 0 Å². The molecule has 2 aromatic rings. The van der Waals surface area contributed by atoms with Crippen LogP contribution in [0.4, 0.5) is 8.78 Å². The van der Waals surface area contributed by atoms with Crippen LogP contribution in [0.1, 0.15) is 29.9 Å². The van der Waals surface area contributed by atoms with Crippen LogP contribution in [0, 0.1) is 17.6 Å². The number of hydrazine groups is 1. The highest BCUT2D eigenvalue weighted by Gasteiger charge is 2.38. The van der Waals surface area contributed by atoms with Crippen LogP contribution in [0.15, 0.2) is 36.4 Å². The van der Waals surface area contributed by atoms with Gasteiger partial charge in [-0.2, -0.15) is 0 Å². The summed E-state index contributed by atoms with van der Waals surface area (Å²) in [5.74, 6) is 0.0450. The Morgan fingerprint density at radius 3 is 2.93 bits per heavy atom. The van der Waals surface area contributed by atoms with Gasteiger partial charge in [0.2, 0.25) is 0 Å². The Labute approximate surface area is 169 Å². The Kier molecular flexibility index (Phi) is 5.99. The van der Waals surface area contributed by atoms with Crippen LogP contribution in [0.2, 0.25) is 0 Å². The van der Waals surface area contributed by atoms with Crippen LogP contribution in [0.5, 0.6) is 11.5 Å². The number of rotatable bonds is 5. The predicted molar refractivity (Wildman–Crippen MR) is 107 cm³/mol. The third-order valence-electron chi connectivity index (χ3n) is 6.13. The van der Waals surface area contributed by atoms with Crippen molar-refractivity contribution in [3.8, 4) is 11.5 Å². The Hall–Kier alpha value is -2.22. The van der Waals surface area contributed by atoms with E-state index >= 15 is 0 Å². The molecule has 7 heteroatoms. The van der Waals surface area contributed by atoms with Crippen LogP contribution in [-0.2, 0) is 6.54 Å². The summed E-state index contributed by atoms with van der Waals surface area (Å²) in [5, 5.41) is 10.4. The minimum absolute atomic E-state index is 0.0213. The lowest BCUT2D eigenvalue weighted by atomic mass is 9.81. The van der Waals surface area contributed by atoms with Crippen molar-refractivity contribution in [3.05, 3.63) is 59.2 Å². The van der Waals surface area contributed by atoms with Crippen LogP contribution < -0.4 is 15.6 Å². The fraction of sp³-hybridized carbons (Fsp3) is 0.455. The topological polar surface area (TPSA) is 56.8 Å². The maximum atomic E-state index is 14.4. The highest BCUT2D eigenvalue weighted by atomic mass is 19.1. The largest absolute Gasteiger partial charge is 0.504 e. The maximum absolute atomic E-state index is 14.4.